The number of nitrogens with one attached hydrogen (secondary N) is 1. The summed E-state index contributed by atoms with van der Waals surface area (Å²) in [4.78, 5) is 28.8. The van der Waals surface area contributed by atoms with Crippen molar-refractivity contribution in [2.24, 2.45) is 11.8 Å². The van der Waals surface area contributed by atoms with Crippen LogP contribution in [0.3, 0.4) is 0 Å². The van der Waals surface area contributed by atoms with Gasteiger partial charge >= 0.3 is 13.2 Å². The van der Waals surface area contributed by atoms with Crippen LogP contribution in [0.25, 0.3) is 11.0 Å². The lowest BCUT2D eigenvalue weighted by atomic mass is 9.76. The zero-order valence-electron chi connectivity index (χ0n) is 18.9. The highest BCUT2D eigenvalue weighted by Gasteiger charge is 2.54. The van der Waals surface area contributed by atoms with Crippen LogP contribution in [0.2, 0.25) is 0 Å². The van der Waals surface area contributed by atoms with Crippen molar-refractivity contribution in [3.63, 3.8) is 0 Å². The molecule has 4 atom stereocenters. The molecule has 0 spiro atoms. The Bertz CT molecular complexity index is 1020. The molecule has 2 aliphatic rings. The van der Waals surface area contributed by atoms with E-state index in [-0.39, 0.29) is 25.0 Å². The summed E-state index contributed by atoms with van der Waals surface area (Å²) in [5, 5.41) is 23.0. The van der Waals surface area contributed by atoms with E-state index >= 15 is 0 Å². The monoisotopic (exact) mass is 455 g/mol. The number of ether oxygens (including phenoxy) is 1. The fourth-order valence-electron chi connectivity index (χ4n) is 4.51. The molecule has 3 N–H and O–H groups in total. The third-order valence-electron chi connectivity index (χ3n) is 6.37. The number of amides is 2. The number of hydrogen-bond donors (Lipinski definition) is 3. The van der Waals surface area contributed by atoms with Crippen molar-refractivity contribution in [3.05, 3.63) is 48.2 Å². The Morgan fingerprint density at radius 2 is 2.15 bits per heavy atom. The van der Waals surface area contributed by atoms with E-state index in [0.717, 1.165) is 17.4 Å². The number of nitrogens with zero attached hydrogens (tertiary/aromatic N) is 2. The maximum absolute atomic E-state index is 12.6. The van der Waals surface area contributed by atoms with Crippen LogP contribution in [0, 0.1) is 11.8 Å². The fourth-order valence-corrected chi connectivity index (χ4v) is 4.51. The second-order valence-electron chi connectivity index (χ2n) is 9.11. The SMILES string of the molecule is CN(C)C/C=C/C(=O)N1C[C@@H]2C[C@@H]2[C@@H]1COC(=O)NC(Cc1coc2ccccc12)B(O)O. The first kappa shape index (κ1) is 23.3. The number of likely N-dealkylation sites (N-methyl/N-ethyl adjacent to an activating group) is 1. The maximum atomic E-state index is 12.6. The molecular weight excluding hydrogens is 425 g/mol. The number of furan rings is 1. The minimum absolute atomic E-state index is 0.0726. The molecule has 2 fully saturated rings. The minimum atomic E-state index is -1.77. The number of carbonyl (C=O) groups excluding carboxylic acids is 2. The molecule has 9 nitrogen and oxygen atoms in total. The van der Waals surface area contributed by atoms with Crippen LogP contribution in [0.5, 0.6) is 0 Å². The third kappa shape index (κ3) is 5.58. The van der Waals surface area contributed by atoms with Crippen LogP contribution >= 0.6 is 0 Å². The van der Waals surface area contributed by atoms with E-state index in [1.54, 1.807) is 17.2 Å². The number of fused-ring (bicyclic) bond motifs is 2. The van der Waals surface area contributed by atoms with Gasteiger partial charge in [0.2, 0.25) is 5.91 Å². The first-order chi connectivity index (χ1) is 15.8. The quantitative estimate of drug-likeness (QED) is 0.383. The summed E-state index contributed by atoms with van der Waals surface area (Å²) in [5.74, 6) is -0.231. The summed E-state index contributed by atoms with van der Waals surface area (Å²) < 4.78 is 10.9. The topological polar surface area (TPSA) is 115 Å². The van der Waals surface area contributed by atoms with Crippen molar-refractivity contribution in [2.45, 2.75) is 24.8 Å². The van der Waals surface area contributed by atoms with Gasteiger partial charge in [0.25, 0.3) is 0 Å². The maximum Gasteiger partial charge on any atom is 0.475 e. The summed E-state index contributed by atoms with van der Waals surface area (Å²) in [6.07, 6.45) is 5.40. The predicted molar refractivity (Wildman–Crippen MR) is 123 cm³/mol. The molecular formula is C23H30BN3O6. The fraction of sp³-hybridized carbons (Fsp3) is 0.478. The van der Waals surface area contributed by atoms with Gasteiger partial charge in [0, 0.05) is 24.6 Å². The Morgan fingerprint density at radius 3 is 2.91 bits per heavy atom. The second kappa shape index (κ2) is 9.99. The van der Waals surface area contributed by atoms with Crippen LogP contribution in [0.4, 0.5) is 4.79 Å². The van der Waals surface area contributed by atoms with Crippen LogP contribution in [-0.2, 0) is 16.0 Å². The molecule has 4 rings (SSSR count). The van der Waals surface area contributed by atoms with Gasteiger partial charge in [-0.15, -0.1) is 0 Å². The Kier molecular flexibility index (Phi) is 7.06. The number of benzene rings is 1. The van der Waals surface area contributed by atoms with Gasteiger partial charge in [-0.2, -0.15) is 0 Å². The number of rotatable bonds is 9. The van der Waals surface area contributed by atoms with Crippen molar-refractivity contribution < 1.29 is 28.8 Å². The Balaban J connectivity index is 1.32. The van der Waals surface area contributed by atoms with Crippen LogP contribution < -0.4 is 5.32 Å². The summed E-state index contributed by atoms with van der Waals surface area (Å²) in [6.45, 7) is 1.42. The standard InChI is InChI=1S/C23H30BN3O6/c1-26(2)9-5-8-22(28)27-12-15-10-18(15)19(27)14-33-23(29)25-21(24(30)31)11-16-13-32-20-7-4-3-6-17(16)20/h3-8,13,15,18-19,21,30-31H,9-12,14H2,1-2H3,(H,25,29)/b8-5+/t15-,18-,19-,21?/m0/s1. The van der Waals surface area contributed by atoms with E-state index in [9.17, 15) is 19.6 Å². The largest absolute Gasteiger partial charge is 0.475 e. The van der Waals surface area contributed by atoms with Gasteiger partial charge in [-0.3, -0.25) is 4.79 Å². The van der Waals surface area contributed by atoms with Crippen LogP contribution in [-0.4, -0.2) is 84.7 Å². The van der Waals surface area contributed by atoms with Gasteiger partial charge in [-0.25, -0.2) is 4.79 Å². The number of piperidine rings is 1. The summed E-state index contributed by atoms with van der Waals surface area (Å²) in [7, 11) is 2.09. The molecule has 2 aromatic rings. The first-order valence-corrected chi connectivity index (χ1v) is 11.2. The smallest absolute Gasteiger partial charge is 0.464 e. The molecule has 1 aliphatic heterocycles. The number of para-hydroxylation sites is 1. The molecule has 1 saturated carbocycles. The Morgan fingerprint density at radius 1 is 1.36 bits per heavy atom. The van der Waals surface area contributed by atoms with Gasteiger partial charge in [-0.05, 0) is 50.4 Å². The highest BCUT2D eigenvalue weighted by atomic mass is 16.5. The predicted octanol–water partition coefficient (Wildman–Crippen LogP) is 1.05. The lowest BCUT2D eigenvalue weighted by Gasteiger charge is -2.26. The zero-order valence-corrected chi connectivity index (χ0v) is 18.9. The molecule has 2 heterocycles. The third-order valence-corrected chi connectivity index (χ3v) is 6.37. The second-order valence-corrected chi connectivity index (χ2v) is 9.11. The Hall–Kier alpha value is -2.82. The van der Waals surface area contributed by atoms with Gasteiger partial charge < -0.3 is 34.3 Å². The highest BCUT2D eigenvalue weighted by Crippen LogP contribution is 2.49. The lowest BCUT2D eigenvalue weighted by Crippen LogP contribution is -2.49. The van der Waals surface area contributed by atoms with E-state index < -0.39 is 19.2 Å². The first-order valence-electron chi connectivity index (χ1n) is 11.2. The molecule has 33 heavy (non-hydrogen) atoms. The zero-order chi connectivity index (χ0) is 23.5. The average Bonchev–Trinajstić information content (AvgIpc) is 3.27. The van der Waals surface area contributed by atoms with Crippen molar-refractivity contribution in [2.75, 3.05) is 33.8 Å². The molecule has 1 aromatic heterocycles. The summed E-state index contributed by atoms with van der Waals surface area (Å²) in [5.41, 5.74) is 1.44. The number of hydrogen-bond acceptors (Lipinski definition) is 7. The van der Waals surface area contributed by atoms with Gasteiger partial charge in [0.05, 0.1) is 18.2 Å². The van der Waals surface area contributed by atoms with E-state index in [4.69, 9.17) is 9.15 Å². The van der Waals surface area contributed by atoms with Gasteiger partial charge in [0.15, 0.2) is 0 Å². The van der Waals surface area contributed by atoms with E-state index in [0.29, 0.717) is 30.5 Å². The Labute approximate surface area is 193 Å². The normalized spacial score (nSPS) is 22.6. The highest BCUT2D eigenvalue weighted by molar-refractivity contribution is 6.43. The van der Waals surface area contributed by atoms with Gasteiger partial charge in [-0.1, -0.05) is 24.3 Å². The summed E-state index contributed by atoms with van der Waals surface area (Å²) in [6, 6.07) is 7.25. The molecule has 10 heteroatoms. The van der Waals surface area contributed by atoms with Crippen molar-refractivity contribution in [3.8, 4) is 0 Å². The molecule has 1 aliphatic carbocycles. The average molecular weight is 455 g/mol. The molecule has 1 unspecified atom stereocenters. The molecule has 0 radical (unpaired) electrons. The lowest BCUT2D eigenvalue weighted by molar-refractivity contribution is -0.128. The van der Waals surface area contributed by atoms with Crippen LogP contribution in [0.15, 0.2) is 47.1 Å². The van der Waals surface area contributed by atoms with Crippen LogP contribution in [0.1, 0.15) is 12.0 Å². The number of carbonyl (C=O) groups is 2. The van der Waals surface area contributed by atoms with Crippen molar-refractivity contribution >= 4 is 30.1 Å². The van der Waals surface area contributed by atoms with E-state index in [1.165, 1.54) is 0 Å². The van der Waals surface area contributed by atoms with Crippen molar-refractivity contribution in [1.82, 2.24) is 15.1 Å². The number of alkyl carbamates (subject to hydrolysis) is 1. The molecule has 0 bridgehead atoms. The molecule has 176 valence electrons. The van der Waals surface area contributed by atoms with E-state index in [2.05, 4.69) is 5.32 Å². The van der Waals surface area contributed by atoms with Crippen molar-refractivity contribution in [1.29, 1.82) is 0 Å². The van der Waals surface area contributed by atoms with E-state index in [1.807, 2.05) is 49.3 Å². The van der Waals surface area contributed by atoms with Gasteiger partial charge in [0.1, 0.15) is 12.2 Å². The summed E-state index contributed by atoms with van der Waals surface area (Å²) >= 11 is 0. The molecule has 1 aromatic carbocycles. The number of likely N-dealkylation sites (tertiary alicyclic amines) is 1. The molecule has 1 saturated heterocycles. The molecule has 2 amide bonds. The minimum Gasteiger partial charge on any atom is -0.464 e.